The molecule has 0 aliphatic carbocycles. The Balaban J connectivity index is 1.64. The molecule has 0 unspecified atom stereocenters. The van der Waals surface area contributed by atoms with Crippen LogP contribution in [0.2, 0.25) is 5.02 Å². The minimum absolute atomic E-state index is 0.0977. The molecule has 2 aromatic rings. The fourth-order valence-electron chi connectivity index (χ4n) is 3.92. The van der Waals surface area contributed by atoms with E-state index in [-0.39, 0.29) is 28.5 Å². The average Bonchev–Trinajstić information content (AvgIpc) is 2.69. The van der Waals surface area contributed by atoms with E-state index in [1.165, 1.54) is 12.1 Å². The molecule has 1 aromatic heterocycles. The van der Waals surface area contributed by atoms with Crippen molar-refractivity contribution in [2.75, 3.05) is 28.6 Å². The third-order valence-corrected chi connectivity index (χ3v) is 5.69. The highest BCUT2D eigenvalue weighted by Gasteiger charge is 2.35. The van der Waals surface area contributed by atoms with Gasteiger partial charge in [0, 0.05) is 25.2 Å². The maximum Gasteiger partial charge on any atom is 0.258 e. The molecule has 30 heavy (non-hydrogen) atoms. The molecule has 10 heteroatoms. The second-order valence-electron chi connectivity index (χ2n) is 7.77. The lowest BCUT2D eigenvalue weighted by Gasteiger charge is -2.32. The lowest BCUT2D eigenvalue weighted by Crippen LogP contribution is -2.40. The number of halogens is 2. The summed E-state index contributed by atoms with van der Waals surface area (Å²) >= 11 is 5.75. The van der Waals surface area contributed by atoms with Crippen LogP contribution in [-0.2, 0) is 9.59 Å². The van der Waals surface area contributed by atoms with Gasteiger partial charge in [0.1, 0.15) is 11.6 Å². The smallest absolute Gasteiger partial charge is 0.258 e. The number of carbonyl (C=O) groups excluding carboxylic acids is 2. The Morgan fingerprint density at radius 3 is 2.90 bits per heavy atom. The highest BCUT2D eigenvalue weighted by Crippen LogP contribution is 2.31. The van der Waals surface area contributed by atoms with E-state index in [0.717, 1.165) is 32.0 Å². The molecule has 0 spiro atoms. The Kier molecular flexibility index (Phi) is 5.46. The molecule has 1 saturated heterocycles. The molecular formula is C20H21ClFN5O3. The Morgan fingerprint density at radius 1 is 1.37 bits per heavy atom. The molecule has 158 valence electrons. The number of H-pyrrole nitrogens is 1. The molecule has 1 fully saturated rings. The van der Waals surface area contributed by atoms with Crippen molar-refractivity contribution in [3.8, 4) is 0 Å². The highest BCUT2D eigenvalue weighted by molar-refractivity contribution is 6.31. The number of amides is 2. The SMILES string of the molecule is C[C@@H]1CCCN(c2nc3c(c(=O)[nH]2)[C@H](C(=O)Nc2ccc(F)c(Cl)c2)CC(=O)N3)C1. The number of nitrogens with one attached hydrogen (secondary N) is 3. The molecule has 0 radical (unpaired) electrons. The van der Waals surface area contributed by atoms with Gasteiger partial charge in [-0.15, -0.1) is 0 Å². The minimum atomic E-state index is -1.02. The van der Waals surface area contributed by atoms with Gasteiger partial charge >= 0.3 is 0 Å². The van der Waals surface area contributed by atoms with Crippen LogP contribution in [0.25, 0.3) is 0 Å². The van der Waals surface area contributed by atoms with Crippen molar-refractivity contribution in [1.82, 2.24) is 9.97 Å². The lowest BCUT2D eigenvalue weighted by atomic mass is 9.92. The van der Waals surface area contributed by atoms with Crippen LogP contribution in [0.15, 0.2) is 23.0 Å². The van der Waals surface area contributed by atoms with Crippen molar-refractivity contribution in [1.29, 1.82) is 0 Å². The first-order valence-corrected chi connectivity index (χ1v) is 10.1. The molecule has 2 aliphatic rings. The van der Waals surface area contributed by atoms with Gasteiger partial charge < -0.3 is 15.5 Å². The van der Waals surface area contributed by atoms with Gasteiger partial charge in [-0.05, 0) is 37.0 Å². The van der Waals surface area contributed by atoms with E-state index in [1.54, 1.807) is 0 Å². The maximum absolute atomic E-state index is 13.4. The molecule has 0 saturated carbocycles. The summed E-state index contributed by atoms with van der Waals surface area (Å²) < 4.78 is 13.4. The van der Waals surface area contributed by atoms with E-state index in [2.05, 4.69) is 27.5 Å². The third kappa shape index (κ3) is 4.02. The molecule has 1 aromatic carbocycles. The number of aromatic amines is 1. The van der Waals surface area contributed by atoms with Gasteiger partial charge in [-0.25, -0.2) is 4.39 Å². The largest absolute Gasteiger partial charge is 0.342 e. The molecular weight excluding hydrogens is 413 g/mol. The zero-order valence-corrected chi connectivity index (χ0v) is 17.1. The normalized spacial score (nSPS) is 21.0. The predicted octanol–water partition coefficient (Wildman–Crippen LogP) is 2.86. The Labute approximate surface area is 176 Å². The van der Waals surface area contributed by atoms with Crippen LogP contribution < -0.4 is 21.1 Å². The van der Waals surface area contributed by atoms with Crippen molar-refractivity contribution in [3.63, 3.8) is 0 Å². The highest BCUT2D eigenvalue weighted by atomic mass is 35.5. The molecule has 2 aliphatic heterocycles. The van der Waals surface area contributed by atoms with E-state index in [9.17, 15) is 18.8 Å². The number of aromatic nitrogens is 2. The summed E-state index contributed by atoms with van der Waals surface area (Å²) in [5.74, 6) is -1.66. The minimum Gasteiger partial charge on any atom is -0.342 e. The van der Waals surface area contributed by atoms with E-state index in [0.29, 0.717) is 11.9 Å². The molecule has 4 rings (SSSR count). The zero-order valence-electron chi connectivity index (χ0n) is 16.3. The first-order chi connectivity index (χ1) is 14.3. The number of carbonyl (C=O) groups is 2. The number of rotatable bonds is 3. The summed E-state index contributed by atoms with van der Waals surface area (Å²) in [6.07, 6.45) is 1.90. The molecule has 2 amide bonds. The van der Waals surface area contributed by atoms with E-state index >= 15 is 0 Å². The summed E-state index contributed by atoms with van der Waals surface area (Å²) in [5.41, 5.74) is -0.0955. The van der Waals surface area contributed by atoms with Crippen molar-refractivity contribution in [2.45, 2.75) is 32.1 Å². The first kappa shape index (κ1) is 20.3. The van der Waals surface area contributed by atoms with Crippen molar-refractivity contribution in [2.24, 2.45) is 5.92 Å². The molecule has 3 heterocycles. The van der Waals surface area contributed by atoms with Crippen LogP contribution in [0, 0.1) is 11.7 Å². The van der Waals surface area contributed by atoms with Crippen molar-refractivity contribution >= 4 is 40.9 Å². The van der Waals surface area contributed by atoms with Gasteiger partial charge in [-0.1, -0.05) is 18.5 Å². The second kappa shape index (κ2) is 8.06. The number of hydrogen-bond acceptors (Lipinski definition) is 5. The summed E-state index contributed by atoms with van der Waals surface area (Å²) in [6.45, 7) is 3.65. The van der Waals surface area contributed by atoms with Gasteiger partial charge in [0.25, 0.3) is 5.56 Å². The Bertz CT molecular complexity index is 1070. The number of piperidine rings is 1. The summed E-state index contributed by atoms with van der Waals surface area (Å²) in [6, 6.07) is 3.74. The van der Waals surface area contributed by atoms with E-state index in [4.69, 9.17) is 11.6 Å². The summed E-state index contributed by atoms with van der Waals surface area (Å²) in [4.78, 5) is 47.1. The molecule has 0 bridgehead atoms. The maximum atomic E-state index is 13.4. The number of fused-ring (bicyclic) bond motifs is 1. The van der Waals surface area contributed by atoms with Gasteiger partial charge in [-0.3, -0.25) is 19.4 Å². The van der Waals surface area contributed by atoms with E-state index < -0.39 is 29.1 Å². The predicted molar refractivity (Wildman–Crippen MR) is 111 cm³/mol. The second-order valence-corrected chi connectivity index (χ2v) is 8.18. The van der Waals surface area contributed by atoms with Crippen molar-refractivity contribution in [3.05, 3.63) is 45.0 Å². The fourth-order valence-corrected chi connectivity index (χ4v) is 4.10. The van der Waals surface area contributed by atoms with Crippen LogP contribution in [0.5, 0.6) is 0 Å². The molecule has 3 N–H and O–H groups in total. The van der Waals surface area contributed by atoms with Crippen LogP contribution in [0.1, 0.15) is 37.7 Å². The average molecular weight is 434 g/mol. The molecule has 2 atom stereocenters. The van der Waals surface area contributed by atoms with Crippen LogP contribution >= 0.6 is 11.6 Å². The monoisotopic (exact) mass is 433 g/mol. The molecule has 8 nitrogen and oxygen atoms in total. The fraction of sp³-hybridized carbons (Fsp3) is 0.400. The van der Waals surface area contributed by atoms with E-state index in [1.807, 2.05) is 4.90 Å². The van der Waals surface area contributed by atoms with Gasteiger partial charge in [-0.2, -0.15) is 4.98 Å². The standard InChI is InChI=1S/C20H21ClFN5O3/c1-10-3-2-6-27(9-10)20-25-17-16(19(30)26-20)12(8-15(28)24-17)18(29)23-11-4-5-14(22)13(21)7-11/h4-5,7,10,12H,2-3,6,8-9H2,1H3,(H,23,29)(H2,24,25,26,28,30)/t10-,12-/m1/s1. The number of benzene rings is 1. The number of nitrogens with zero attached hydrogens (tertiary/aromatic N) is 2. The Morgan fingerprint density at radius 2 is 2.17 bits per heavy atom. The quantitative estimate of drug-likeness (QED) is 0.690. The van der Waals surface area contributed by atoms with Gasteiger partial charge in [0.05, 0.1) is 16.5 Å². The van der Waals surface area contributed by atoms with Gasteiger partial charge in [0.15, 0.2) is 0 Å². The van der Waals surface area contributed by atoms with Crippen LogP contribution in [0.4, 0.5) is 21.8 Å². The van der Waals surface area contributed by atoms with Crippen LogP contribution in [0.3, 0.4) is 0 Å². The number of hydrogen-bond donors (Lipinski definition) is 3. The topological polar surface area (TPSA) is 107 Å². The summed E-state index contributed by atoms with van der Waals surface area (Å²) in [5, 5.41) is 5.06. The van der Waals surface area contributed by atoms with Crippen LogP contribution in [-0.4, -0.2) is 34.9 Å². The third-order valence-electron chi connectivity index (χ3n) is 5.40. The lowest BCUT2D eigenvalue weighted by molar-refractivity contribution is -0.123. The zero-order chi connectivity index (χ0) is 21.4. The number of anilines is 3. The summed E-state index contributed by atoms with van der Waals surface area (Å²) in [7, 11) is 0. The van der Waals surface area contributed by atoms with Gasteiger partial charge in [0.2, 0.25) is 17.8 Å². The first-order valence-electron chi connectivity index (χ1n) is 9.76. The Hall–Kier alpha value is -2.94. The van der Waals surface area contributed by atoms with Crippen molar-refractivity contribution < 1.29 is 14.0 Å².